The van der Waals surface area contributed by atoms with E-state index in [9.17, 15) is 5.11 Å². The molecule has 0 spiro atoms. The van der Waals surface area contributed by atoms with Gasteiger partial charge in [0.05, 0.1) is 11.1 Å². The van der Waals surface area contributed by atoms with Gasteiger partial charge in [-0.2, -0.15) is 0 Å². The lowest BCUT2D eigenvalue weighted by Crippen LogP contribution is -2.01. The van der Waals surface area contributed by atoms with E-state index < -0.39 is 6.10 Å². The Kier molecular flexibility index (Phi) is 3.10. The summed E-state index contributed by atoms with van der Waals surface area (Å²) in [5, 5.41) is 11.7. The second-order valence-corrected chi connectivity index (χ2v) is 4.73. The largest absolute Gasteiger partial charge is 0.382 e. The van der Waals surface area contributed by atoms with E-state index in [2.05, 4.69) is 19.9 Å². The van der Waals surface area contributed by atoms with Crippen LogP contribution in [0.25, 0.3) is 11.0 Å². The average molecular weight is 295 g/mol. The summed E-state index contributed by atoms with van der Waals surface area (Å²) in [5.74, 6) is 0. The Morgan fingerprint density at radius 1 is 1.21 bits per heavy atom. The molecule has 5 nitrogen and oxygen atoms in total. The number of aliphatic hydroxyl groups is 1. The van der Waals surface area contributed by atoms with Gasteiger partial charge in [-0.15, -0.1) is 0 Å². The average Bonchev–Trinajstić information content (AvgIpc) is 2.83. The molecule has 3 aromatic rings. The summed E-state index contributed by atoms with van der Waals surface area (Å²) in [5.41, 5.74) is 1.57. The number of fused-ring (bicyclic) bond motifs is 1. The van der Waals surface area contributed by atoms with Crippen molar-refractivity contribution in [3.05, 3.63) is 52.3 Å². The molecule has 0 bridgehead atoms. The summed E-state index contributed by atoms with van der Waals surface area (Å²) in [7, 11) is 0. The highest BCUT2D eigenvalue weighted by atomic mass is 35.5. The van der Waals surface area contributed by atoms with Crippen LogP contribution in [0.3, 0.4) is 0 Å². The van der Waals surface area contributed by atoms with E-state index >= 15 is 0 Å². The molecule has 19 heavy (non-hydrogen) atoms. The van der Waals surface area contributed by atoms with E-state index in [0.717, 1.165) is 0 Å². The van der Waals surface area contributed by atoms with Crippen molar-refractivity contribution >= 4 is 34.2 Å². The third-order valence-corrected chi connectivity index (χ3v) is 3.29. The van der Waals surface area contributed by atoms with Crippen LogP contribution in [0.4, 0.5) is 0 Å². The summed E-state index contributed by atoms with van der Waals surface area (Å²) < 4.78 is 0. The molecule has 96 valence electrons. The van der Waals surface area contributed by atoms with Gasteiger partial charge in [0.1, 0.15) is 23.2 Å². The molecule has 1 unspecified atom stereocenters. The summed E-state index contributed by atoms with van der Waals surface area (Å²) in [4.78, 5) is 15.0. The predicted octanol–water partition coefficient (Wildman–Crippen LogP) is 2.74. The standard InChI is InChI=1S/C12H8Cl2N4O/c13-6-1-2-15-8(3-6)10(19)7-4-16-12-9(7)11(14)17-5-18-12/h1-5,10,19H,(H,16,17,18). The first kappa shape index (κ1) is 12.3. The van der Waals surface area contributed by atoms with Crippen molar-refractivity contribution in [1.82, 2.24) is 19.9 Å². The fourth-order valence-electron chi connectivity index (χ4n) is 1.89. The highest BCUT2D eigenvalue weighted by Crippen LogP contribution is 2.31. The van der Waals surface area contributed by atoms with E-state index in [1.165, 1.54) is 12.5 Å². The maximum atomic E-state index is 10.4. The van der Waals surface area contributed by atoms with Gasteiger partial charge < -0.3 is 10.1 Å². The van der Waals surface area contributed by atoms with E-state index in [1.54, 1.807) is 18.3 Å². The van der Waals surface area contributed by atoms with E-state index in [1.807, 2.05) is 0 Å². The van der Waals surface area contributed by atoms with E-state index in [4.69, 9.17) is 23.2 Å². The quantitative estimate of drug-likeness (QED) is 0.713. The molecule has 7 heteroatoms. The summed E-state index contributed by atoms with van der Waals surface area (Å²) in [6, 6.07) is 3.24. The van der Waals surface area contributed by atoms with Gasteiger partial charge in [0.15, 0.2) is 0 Å². The lowest BCUT2D eigenvalue weighted by Gasteiger charge is -2.09. The highest BCUT2D eigenvalue weighted by Gasteiger charge is 2.19. The number of aliphatic hydroxyl groups excluding tert-OH is 1. The molecule has 0 aromatic carbocycles. The Bertz CT molecular complexity index is 743. The Balaban J connectivity index is 2.14. The minimum Gasteiger partial charge on any atom is -0.382 e. The molecular weight excluding hydrogens is 287 g/mol. The molecule has 3 rings (SSSR count). The van der Waals surface area contributed by atoms with Crippen LogP contribution >= 0.6 is 23.2 Å². The fourth-order valence-corrected chi connectivity index (χ4v) is 2.30. The second kappa shape index (κ2) is 4.77. The van der Waals surface area contributed by atoms with Gasteiger partial charge in [0.25, 0.3) is 0 Å². The van der Waals surface area contributed by atoms with Crippen molar-refractivity contribution in [3.8, 4) is 0 Å². The van der Waals surface area contributed by atoms with Gasteiger partial charge >= 0.3 is 0 Å². The normalized spacial score (nSPS) is 12.8. The van der Waals surface area contributed by atoms with E-state index in [0.29, 0.717) is 27.3 Å². The number of hydrogen-bond donors (Lipinski definition) is 2. The molecule has 0 aliphatic heterocycles. The van der Waals surface area contributed by atoms with Crippen LogP contribution in [-0.2, 0) is 0 Å². The van der Waals surface area contributed by atoms with Gasteiger partial charge in [-0.05, 0) is 12.1 Å². The van der Waals surface area contributed by atoms with Crippen LogP contribution in [0.2, 0.25) is 10.2 Å². The Hall–Kier alpha value is -1.69. The zero-order chi connectivity index (χ0) is 13.4. The first-order valence-corrected chi connectivity index (χ1v) is 6.19. The van der Waals surface area contributed by atoms with Gasteiger partial charge in [-0.3, -0.25) is 4.98 Å². The minimum absolute atomic E-state index is 0.280. The number of nitrogens with zero attached hydrogens (tertiary/aromatic N) is 3. The number of aromatic nitrogens is 4. The van der Waals surface area contributed by atoms with Crippen molar-refractivity contribution < 1.29 is 5.11 Å². The number of nitrogens with one attached hydrogen (secondary N) is 1. The van der Waals surface area contributed by atoms with Gasteiger partial charge in [-0.1, -0.05) is 23.2 Å². The summed E-state index contributed by atoms with van der Waals surface area (Å²) in [6.45, 7) is 0. The summed E-state index contributed by atoms with van der Waals surface area (Å²) in [6.07, 6.45) is 3.58. The lowest BCUT2D eigenvalue weighted by atomic mass is 10.1. The molecule has 2 N–H and O–H groups in total. The monoisotopic (exact) mass is 294 g/mol. The lowest BCUT2D eigenvalue weighted by molar-refractivity contribution is 0.217. The zero-order valence-corrected chi connectivity index (χ0v) is 11.0. The molecule has 0 saturated heterocycles. The number of aromatic amines is 1. The van der Waals surface area contributed by atoms with Crippen molar-refractivity contribution in [2.45, 2.75) is 6.10 Å². The van der Waals surface area contributed by atoms with Crippen molar-refractivity contribution in [2.75, 3.05) is 0 Å². The van der Waals surface area contributed by atoms with Crippen LogP contribution < -0.4 is 0 Å². The van der Waals surface area contributed by atoms with Crippen LogP contribution in [0.15, 0.2) is 30.9 Å². The molecule has 0 amide bonds. The first-order valence-electron chi connectivity index (χ1n) is 5.44. The third kappa shape index (κ3) is 2.16. The zero-order valence-electron chi connectivity index (χ0n) is 9.51. The topological polar surface area (TPSA) is 74.7 Å². The molecule has 0 fully saturated rings. The van der Waals surface area contributed by atoms with Crippen molar-refractivity contribution in [2.24, 2.45) is 0 Å². The number of H-pyrrole nitrogens is 1. The number of pyridine rings is 1. The van der Waals surface area contributed by atoms with Crippen LogP contribution in [0, 0.1) is 0 Å². The van der Waals surface area contributed by atoms with Gasteiger partial charge in [-0.25, -0.2) is 9.97 Å². The number of halogens is 2. The molecule has 1 atom stereocenters. The maximum absolute atomic E-state index is 10.4. The highest BCUT2D eigenvalue weighted by molar-refractivity contribution is 6.34. The summed E-state index contributed by atoms with van der Waals surface area (Å²) >= 11 is 11.9. The Morgan fingerprint density at radius 3 is 2.84 bits per heavy atom. The molecular formula is C12H8Cl2N4O. The number of rotatable bonds is 2. The SMILES string of the molecule is OC(c1cc(Cl)ccn1)c1c[nH]c2ncnc(Cl)c12. The molecule has 0 aliphatic carbocycles. The Morgan fingerprint density at radius 2 is 2.05 bits per heavy atom. The molecule has 0 radical (unpaired) electrons. The van der Waals surface area contributed by atoms with Crippen LogP contribution in [0.5, 0.6) is 0 Å². The Labute approximate surface area is 118 Å². The molecule has 3 heterocycles. The van der Waals surface area contributed by atoms with E-state index in [-0.39, 0.29) is 5.15 Å². The molecule has 0 saturated carbocycles. The van der Waals surface area contributed by atoms with Gasteiger partial charge in [0.2, 0.25) is 0 Å². The van der Waals surface area contributed by atoms with Gasteiger partial charge in [0, 0.05) is 23.0 Å². The smallest absolute Gasteiger partial charge is 0.142 e. The first-order chi connectivity index (χ1) is 9.16. The number of hydrogen-bond acceptors (Lipinski definition) is 4. The minimum atomic E-state index is -0.948. The fraction of sp³-hybridized carbons (Fsp3) is 0.0833. The van der Waals surface area contributed by atoms with Crippen molar-refractivity contribution in [3.63, 3.8) is 0 Å². The third-order valence-electron chi connectivity index (χ3n) is 2.77. The predicted molar refractivity (Wildman–Crippen MR) is 72.2 cm³/mol. The van der Waals surface area contributed by atoms with Crippen LogP contribution in [-0.4, -0.2) is 25.0 Å². The second-order valence-electron chi connectivity index (χ2n) is 3.93. The van der Waals surface area contributed by atoms with Crippen molar-refractivity contribution in [1.29, 1.82) is 0 Å². The molecule has 3 aromatic heterocycles. The van der Waals surface area contributed by atoms with Crippen LogP contribution in [0.1, 0.15) is 17.4 Å². The maximum Gasteiger partial charge on any atom is 0.142 e. The molecule has 0 aliphatic rings.